The second-order valence-corrected chi connectivity index (χ2v) is 14.7. The minimum absolute atomic E-state index is 0.681. The molecule has 0 bridgehead atoms. The van der Waals surface area contributed by atoms with Crippen molar-refractivity contribution in [1.29, 1.82) is 0 Å². The highest BCUT2D eigenvalue weighted by molar-refractivity contribution is 6.07. The van der Waals surface area contributed by atoms with Crippen LogP contribution in [0, 0.1) is 0 Å². The molecule has 0 radical (unpaired) electrons. The van der Waals surface area contributed by atoms with Crippen LogP contribution in [0.15, 0.2) is 212 Å². The van der Waals surface area contributed by atoms with Gasteiger partial charge in [0.05, 0.1) is 16.9 Å². The average molecular weight is 742 g/mol. The maximum atomic E-state index is 5.28. The molecular formula is C55H39N3. The van der Waals surface area contributed by atoms with Crippen molar-refractivity contribution < 1.29 is 0 Å². The lowest BCUT2D eigenvalue weighted by molar-refractivity contribution is 1.17. The molecule has 8 aromatic carbocycles. The quantitative estimate of drug-likeness (QED) is 0.148. The third-order valence-electron chi connectivity index (χ3n) is 11.1. The van der Waals surface area contributed by atoms with E-state index >= 15 is 0 Å². The minimum Gasteiger partial charge on any atom is -0.256 e. The summed E-state index contributed by atoms with van der Waals surface area (Å²) in [5.74, 6) is 0.681. The summed E-state index contributed by atoms with van der Waals surface area (Å²) in [5.41, 5.74) is 15.8. The van der Waals surface area contributed by atoms with Gasteiger partial charge in [-0.05, 0) is 80.3 Å². The van der Waals surface area contributed by atoms with E-state index in [1.165, 1.54) is 49.9 Å². The van der Waals surface area contributed by atoms with Crippen molar-refractivity contribution in [3.8, 4) is 56.2 Å². The summed E-state index contributed by atoms with van der Waals surface area (Å²) in [7, 11) is 0. The van der Waals surface area contributed by atoms with Crippen molar-refractivity contribution in [1.82, 2.24) is 15.0 Å². The molecule has 0 spiro atoms. The molecule has 0 saturated carbocycles. The predicted octanol–water partition coefficient (Wildman–Crippen LogP) is 13.7. The van der Waals surface area contributed by atoms with Gasteiger partial charge < -0.3 is 0 Å². The Morgan fingerprint density at radius 1 is 0.362 bits per heavy atom. The number of aromatic nitrogens is 3. The molecule has 10 rings (SSSR count). The molecule has 58 heavy (non-hydrogen) atoms. The van der Waals surface area contributed by atoms with Gasteiger partial charge in [-0.15, -0.1) is 0 Å². The molecule has 0 fully saturated rings. The van der Waals surface area contributed by atoms with Gasteiger partial charge in [-0.2, -0.15) is 0 Å². The molecule has 0 N–H and O–H groups in total. The Morgan fingerprint density at radius 2 is 0.897 bits per heavy atom. The van der Waals surface area contributed by atoms with Crippen LogP contribution in [0.3, 0.4) is 0 Å². The van der Waals surface area contributed by atoms with Crippen LogP contribution in [-0.4, -0.2) is 15.0 Å². The first-order valence-corrected chi connectivity index (χ1v) is 19.9. The van der Waals surface area contributed by atoms with Crippen LogP contribution in [0.4, 0.5) is 0 Å². The highest BCUT2D eigenvalue weighted by atomic mass is 14.9. The van der Waals surface area contributed by atoms with Gasteiger partial charge in [0.25, 0.3) is 0 Å². The fourth-order valence-electron chi connectivity index (χ4n) is 8.35. The summed E-state index contributed by atoms with van der Waals surface area (Å²) in [6.07, 6.45) is 3.53. The Labute approximate surface area is 339 Å². The van der Waals surface area contributed by atoms with Crippen molar-refractivity contribution in [2.75, 3.05) is 0 Å². The number of fused-ring (bicyclic) bond motifs is 2. The van der Waals surface area contributed by atoms with Crippen LogP contribution in [0.1, 0.15) is 22.3 Å². The number of nitrogens with zero attached hydrogens (tertiary/aromatic N) is 3. The topological polar surface area (TPSA) is 38.7 Å². The molecule has 0 atom stereocenters. The highest BCUT2D eigenvalue weighted by Crippen LogP contribution is 2.43. The van der Waals surface area contributed by atoms with E-state index in [1.807, 2.05) is 30.5 Å². The number of para-hydroxylation sites is 1. The number of benzene rings is 8. The molecule has 3 nitrogen and oxygen atoms in total. The van der Waals surface area contributed by atoms with E-state index in [9.17, 15) is 0 Å². The van der Waals surface area contributed by atoms with Crippen molar-refractivity contribution in [3.05, 3.63) is 235 Å². The summed E-state index contributed by atoms with van der Waals surface area (Å²) in [5, 5.41) is 3.38. The van der Waals surface area contributed by atoms with Crippen molar-refractivity contribution in [3.63, 3.8) is 0 Å². The molecule has 0 unspecified atom stereocenters. The maximum absolute atomic E-state index is 5.28. The van der Waals surface area contributed by atoms with Gasteiger partial charge >= 0.3 is 0 Å². The Hall–Kier alpha value is -7.49. The zero-order valence-electron chi connectivity index (χ0n) is 32.0. The summed E-state index contributed by atoms with van der Waals surface area (Å²) < 4.78 is 0. The number of pyridine rings is 1. The molecule has 274 valence electrons. The van der Waals surface area contributed by atoms with Gasteiger partial charge in [0.15, 0.2) is 5.82 Å². The first kappa shape index (κ1) is 35.0. The van der Waals surface area contributed by atoms with Crippen LogP contribution in [0.5, 0.6) is 0 Å². The Morgan fingerprint density at radius 3 is 1.66 bits per heavy atom. The molecule has 0 aliphatic heterocycles. The van der Waals surface area contributed by atoms with Crippen molar-refractivity contribution in [2.24, 2.45) is 0 Å². The van der Waals surface area contributed by atoms with Crippen LogP contribution in [0.25, 0.3) is 77.8 Å². The monoisotopic (exact) mass is 741 g/mol. The molecule has 3 heteroatoms. The van der Waals surface area contributed by atoms with Crippen LogP contribution < -0.4 is 0 Å². The number of hydrogen-bond acceptors (Lipinski definition) is 3. The van der Waals surface area contributed by atoms with Gasteiger partial charge in [0.2, 0.25) is 0 Å². The summed E-state index contributed by atoms with van der Waals surface area (Å²) >= 11 is 0. The molecule has 10 aromatic rings. The molecule has 0 aliphatic rings. The lowest BCUT2D eigenvalue weighted by Crippen LogP contribution is -2.00. The van der Waals surface area contributed by atoms with Crippen molar-refractivity contribution in [2.45, 2.75) is 12.8 Å². The molecular weight excluding hydrogens is 703 g/mol. The van der Waals surface area contributed by atoms with E-state index in [2.05, 4.69) is 182 Å². The number of rotatable bonds is 9. The molecule has 0 amide bonds. The Balaban J connectivity index is 1.18. The van der Waals surface area contributed by atoms with Gasteiger partial charge in [-0.1, -0.05) is 194 Å². The summed E-state index contributed by atoms with van der Waals surface area (Å²) in [4.78, 5) is 15.2. The first-order valence-electron chi connectivity index (χ1n) is 19.9. The fraction of sp³-hybridized carbons (Fsp3) is 0.0364. The van der Waals surface area contributed by atoms with Crippen LogP contribution in [-0.2, 0) is 12.8 Å². The summed E-state index contributed by atoms with van der Waals surface area (Å²) in [6, 6.07) is 73.4. The maximum Gasteiger partial charge on any atom is 0.160 e. The second kappa shape index (κ2) is 15.6. The van der Waals surface area contributed by atoms with Gasteiger partial charge in [-0.25, -0.2) is 9.97 Å². The number of hydrogen-bond donors (Lipinski definition) is 0. The van der Waals surface area contributed by atoms with Gasteiger partial charge in [0, 0.05) is 28.3 Å². The van der Waals surface area contributed by atoms with Gasteiger partial charge in [-0.3, -0.25) is 4.98 Å². The standard InChI is InChI=1S/C55H39N3/c1-4-17-38(18-5-1)35-42-23-10-11-27-44(42)53-43(36-39-19-6-2-7-20-39)25-15-30-49(53)47-32-33-48(46-29-13-12-28-45(46)47)51-37-52(58-55(57-51)41-21-8-3-9-22-41)50-31-14-24-40-26-16-34-56-54(40)50/h1-34,37H,35-36H2. The second-order valence-electron chi connectivity index (χ2n) is 14.7. The van der Waals surface area contributed by atoms with Gasteiger partial charge in [0.1, 0.15) is 0 Å². The molecule has 0 saturated heterocycles. The van der Waals surface area contributed by atoms with E-state index < -0.39 is 0 Å². The molecule has 2 heterocycles. The smallest absolute Gasteiger partial charge is 0.160 e. The lowest BCUT2D eigenvalue weighted by Gasteiger charge is -2.21. The van der Waals surface area contributed by atoms with E-state index in [1.54, 1.807) is 0 Å². The van der Waals surface area contributed by atoms with Crippen molar-refractivity contribution >= 4 is 21.7 Å². The SMILES string of the molecule is c1ccc(Cc2ccccc2-c2c(Cc3ccccc3)cccc2-c2ccc(-c3cc(-c4cccc5cccnc45)nc(-c4ccccc4)n3)c3ccccc23)cc1. The predicted molar refractivity (Wildman–Crippen MR) is 241 cm³/mol. The van der Waals surface area contributed by atoms with E-state index in [4.69, 9.17) is 15.0 Å². The zero-order chi connectivity index (χ0) is 38.7. The van der Waals surface area contributed by atoms with Crippen LogP contribution in [0.2, 0.25) is 0 Å². The third-order valence-corrected chi connectivity index (χ3v) is 11.1. The summed E-state index contributed by atoms with van der Waals surface area (Å²) in [6.45, 7) is 0. The van der Waals surface area contributed by atoms with E-state index in [0.717, 1.165) is 57.2 Å². The fourth-order valence-corrected chi connectivity index (χ4v) is 8.35. The molecule has 2 aromatic heterocycles. The van der Waals surface area contributed by atoms with E-state index in [-0.39, 0.29) is 0 Å². The normalized spacial score (nSPS) is 11.2. The Bertz CT molecular complexity index is 3040. The Kier molecular flexibility index (Phi) is 9.38. The third kappa shape index (κ3) is 6.84. The average Bonchev–Trinajstić information content (AvgIpc) is 3.29. The van der Waals surface area contributed by atoms with E-state index in [0.29, 0.717) is 5.82 Å². The zero-order valence-corrected chi connectivity index (χ0v) is 32.0. The minimum atomic E-state index is 0.681. The molecule has 0 aliphatic carbocycles. The largest absolute Gasteiger partial charge is 0.256 e. The van der Waals surface area contributed by atoms with Crippen LogP contribution >= 0.6 is 0 Å². The first-order chi connectivity index (χ1) is 28.8. The highest BCUT2D eigenvalue weighted by Gasteiger charge is 2.20. The lowest BCUT2D eigenvalue weighted by atomic mass is 9.83.